The minimum atomic E-state index is -0.168. The second-order valence-corrected chi connectivity index (χ2v) is 6.15. The van der Waals surface area contributed by atoms with Gasteiger partial charge in [0.15, 0.2) is 0 Å². The van der Waals surface area contributed by atoms with E-state index in [-0.39, 0.29) is 11.8 Å². The number of carbonyl (C=O) groups is 2. The third kappa shape index (κ3) is 2.19. The van der Waals surface area contributed by atoms with Gasteiger partial charge in [0.2, 0.25) is 0 Å². The van der Waals surface area contributed by atoms with E-state index < -0.39 is 0 Å². The maximum atomic E-state index is 12.4. The lowest BCUT2D eigenvalue weighted by Crippen LogP contribution is -2.42. The van der Waals surface area contributed by atoms with Crippen molar-refractivity contribution in [3.63, 3.8) is 0 Å². The number of hydrogen-bond acceptors (Lipinski definition) is 3. The Hall–Kier alpha value is -2.40. The summed E-state index contributed by atoms with van der Waals surface area (Å²) in [6.45, 7) is 5.21. The highest BCUT2D eigenvalue weighted by molar-refractivity contribution is 6.21. The molecule has 23 heavy (non-hydrogen) atoms. The van der Waals surface area contributed by atoms with E-state index in [0.717, 1.165) is 13.1 Å². The maximum absolute atomic E-state index is 12.4. The molecule has 4 rings (SSSR count). The van der Waals surface area contributed by atoms with Gasteiger partial charge in [-0.2, -0.15) is 0 Å². The molecule has 0 N–H and O–H groups in total. The molecule has 1 aromatic heterocycles. The highest BCUT2D eigenvalue weighted by Gasteiger charge is 2.35. The van der Waals surface area contributed by atoms with Crippen LogP contribution in [-0.2, 0) is 6.54 Å². The zero-order valence-corrected chi connectivity index (χ0v) is 13.1. The van der Waals surface area contributed by atoms with E-state index in [9.17, 15) is 9.59 Å². The predicted molar refractivity (Wildman–Crippen MR) is 86.2 cm³/mol. The summed E-state index contributed by atoms with van der Waals surface area (Å²) >= 11 is 0. The molecule has 2 aromatic rings. The van der Waals surface area contributed by atoms with Gasteiger partial charge in [0.25, 0.3) is 11.8 Å². The Morgan fingerprint density at radius 2 is 1.65 bits per heavy atom. The first-order chi connectivity index (χ1) is 11.2. The van der Waals surface area contributed by atoms with Crippen LogP contribution >= 0.6 is 0 Å². The van der Waals surface area contributed by atoms with Gasteiger partial charge in [0, 0.05) is 44.1 Å². The number of benzene rings is 1. The first-order valence-electron chi connectivity index (χ1n) is 8.01. The molecule has 3 heterocycles. The van der Waals surface area contributed by atoms with Crippen LogP contribution in [0, 0.1) is 0 Å². The van der Waals surface area contributed by atoms with Gasteiger partial charge in [-0.1, -0.05) is 12.1 Å². The van der Waals surface area contributed by atoms with E-state index in [1.54, 1.807) is 24.3 Å². The van der Waals surface area contributed by atoms with E-state index >= 15 is 0 Å². The Kier molecular flexibility index (Phi) is 3.31. The number of nitrogens with zero attached hydrogens (tertiary/aromatic N) is 3. The minimum Gasteiger partial charge on any atom is -0.349 e. The van der Waals surface area contributed by atoms with E-state index in [2.05, 4.69) is 34.7 Å². The molecule has 2 aliphatic rings. The molecule has 5 nitrogen and oxygen atoms in total. The largest absolute Gasteiger partial charge is 0.349 e. The van der Waals surface area contributed by atoms with Crippen LogP contribution in [-0.4, -0.2) is 45.8 Å². The van der Waals surface area contributed by atoms with Crippen molar-refractivity contribution >= 4 is 11.8 Å². The molecule has 118 valence electrons. The molecule has 2 amide bonds. The van der Waals surface area contributed by atoms with E-state index in [1.165, 1.54) is 10.6 Å². The van der Waals surface area contributed by atoms with Gasteiger partial charge in [0.05, 0.1) is 11.1 Å². The maximum Gasteiger partial charge on any atom is 0.261 e. The van der Waals surface area contributed by atoms with Gasteiger partial charge in [-0.25, -0.2) is 0 Å². The number of amides is 2. The van der Waals surface area contributed by atoms with Gasteiger partial charge >= 0.3 is 0 Å². The van der Waals surface area contributed by atoms with Gasteiger partial charge < -0.3 is 4.57 Å². The average molecular weight is 309 g/mol. The smallest absolute Gasteiger partial charge is 0.261 e. The fourth-order valence-electron chi connectivity index (χ4n) is 3.60. The first-order valence-corrected chi connectivity index (χ1v) is 8.01. The van der Waals surface area contributed by atoms with Crippen LogP contribution in [0.15, 0.2) is 42.6 Å². The summed E-state index contributed by atoms with van der Waals surface area (Å²) in [5.74, 6) is -0.336. The molecule has 2 aliphatic heterocycles. The number of rotatable bonds is 3. The third-order valence-corrected chi connectivity index (χ3v) is 4.96. The lowest BCUT2D eigenvalue weighted by atomic mass is 10.1. The molecular weight excluding hydrogens is 290 g/mol. The quantitative estimate of drug-likeness (QED) is 0.816. The molecule has 0 spiro atoms. The van der Waals surface area contributed by atoms with E-state index in [0.29, 0.717) is 30.3 Å². The summed E-state index contributed by atoms with van der Waals surface area (Å²) in [6.07, 6.45) is 2.10. The molecule has 0 saturated carbocycles. The highest BCUT2D eigenvalue weighted by Crippen LogP contribution is 2.26. The van der Waals surface area contributed by atoms with Crippen molar-refractivity contribution in [1.82, 2.24) is 14.4 Å². The Balaban J connectivity index is 1.47. The molecule has 0 unspecified atom stereocenters. The topological polar surface area (TPSA) is 45.5 Å². The summed E-state index contributed by atoms with van der Waals surface area (Å²) < 4.78 is 2.27. The highest BCUT2D eigenvalue weighted by atomic mass is 16.2. The molecule has 1 aromatic carbocycles. The molecule has 0 bridgehead atoms. The van der Waals surface area contributed by atoms with Gasteiger partial charge in [0.1, 0.15) is 0 Å². The summed E-state index contributed by atoms with van der Waals surface area (Å²) in [5, 5.41) is 0. The molecule has 0 fully saturated rings. The minimum absolute atomic E-state index is 0.168. The van der Waals surface area contributed by atoms with Gasteiger partial charge in [-0.15, -0.1) is 0 Å². The van der Waals surface area contributed by atoms with Gasteiger partial charge in [-0.05, 0) is 31.2 Å². The summed E-state index contributed by atoms with van der Waals surface area (Å²) in [4.78, 5) is 28.5. The van der Waals surface area contributed by atoms with Crippen LogP contribution in [0.25, 0.3) is 0 Å². The molecule has 0 aliphatic carbocycles. The van der Waals surface area contributed by atoms with Crippen molar-refractivity contribution in [2.45, 2.75) is 19.5 Å². The fraction of sp³-hybridized carbons (Fsp3) is 0.333. The van der Waals surface area contributed by atoms with Crippen LogP contribution in [0.2, 0.25) is 0 Å². The van der Waals surface area contributed by atoms with Crippen LogP contribution in [0.3, 0.4) is 0 Å². The Morgan fingerprint density at radius 3 is 2.35 bits per heavy atom. The number of fused-ring (bicyclic) bond motifs is 2. The predicted octanol–water partition coefficient (Wildman–Crippen LogP) is 2.16. The average Bonchev–Trinajstić information content (AvgIpc) is 3.13. The van der Waals surface area contributed by atoms with Crippen molar-refractivity contribution in [2.75, 3.05) is 19.6 Å². The van der Waals surface area contributed by atoms with Crippen LogP contribution in [0.4, 0.5) is 0 Å². The van der Waals surface area contributed by atoms with Crippen molar-refractivity contribution in [2.24, 2.45) is 0 Å². The monoisotopic (exact) mass is 309 g/mol. The standard InChI is InChI=1S/C18H19N3O2/c1-13-16-7-4-8-20(16)10-9-19(13)11-12-21-17(22)14-5-2-3-6-15(14)18(21)23/h2-8,13H,9-12H2,1H3/t13-/m1/s1. The van der Waals surface area contributed by atoms with Crippen LogP contribution in [0.5, 0.6) is 0 Å². The molecule has 1 atom stereocenters. The first kappa shape index (κ1) is 14.2. The van der Waals surface area contributed by atoms with E-state index in [1.807, 2.05) is 0 Å². The number of hydrogen-bond donors (Lipinski definition) is 0. The summed E-state index contributed by atoms with van der Waals surface area (Å²) in [6, 6.07) is 11.6. The second kappa shape index (κ2) is 5.35. The number of imide groups is 1. The van der Waals surface area contributed by atoms with Crippen molar-refractivity contribution in [3.8, 4) is 0 Å². The van der Waals surface area contributed by atoms with Crippen LogP contribution in [0.1, 0.15) is 39.4 Å². The lowest BCUT2D eigenvalue weighted by Gasteiger charge is -2.35. The van der Waals surface area contributed by atoms with Crippen molar-refractivity contribution < 1.29 is 9.59 Å². The van der Waals surface area contributed by atoms with Crippen LogP contribution < -0.4 is 0 Å². The van der Waals surface area contributed by atoms with Gasteiger partial charge in [-0.3, -0.25) is 19.4 Å². The number of aromatic nitrogens is 1. The fourth-order valence-corrected chi connectivity index (χ4v) is 3.60. The normalized spacial score (nSPS) is 20.7. The zero-order chi connectivity index (χ0) is 16.0. The second-order valence-electron chi connectivity index (χ2n) is 6.15. The zero-order valence-electron chi connectivity index (χ0n) is 13.1. The third-order valence-electron chi connectivity index (χ3n) is 4.96. The number of carbonyl (C=O) groups excluding carboxylic acids is 2. The summed E-state index contributed by atoms with van der Waals surface area (Å²) in [7, 11) is 0. The Bertz CT molecular complexity index is 745. The molecular formula is C18H19N3O2. The van der Waals surface area contributed by atoms with E-state index in [4.69, 9.17) is 0 Å². The van der Waals surface area contributed by atoms with Crippen molar-refractivity contribution in [3.05, 3.63) is 59.4 Å². The summed E-state index contributed by atoms with van der Waals surface area (Å²) in [5.41, 5.74) is 2.34. The molecule has 0 radical (unpaired) electrons. The molecule has 5 heteroatoms. The van der Waals surface area contributed by atoms with Crippen molar-refractivity contribution in [1.29, 1.82) is 0 Å². The Labute approximate surface area is 135 Å². The lowest BCUT2D eigenvalue weighted by molar-refractivity contribution is 0.0616. The molecule has 0 saturated heterocycles. The SMILES string of the molecule is C[C@@H]1c2cccn2CCN1CCN1C(=O)c2ccccc2C1=O. The Morgan fingerprint density at radius 1 is 0.957 bits per heavy atom.